The standard InChI is InChI=1S/C28H33N3O6S/c1-19(32)29-26(18-22-16-24(36-2)9-11-27(22)37-3)28(33)30-23-12-14-31(15-13-23)38(34,35)25-10-8-20-6-4-5-7-21(20)17-25/h4-11,16-17,23,26H,12-15,18H2,1-3H3,(H,29,32)(H,30,33)/t26-/m1/s1. The molecule has 1 fully saturated rings. The quantitative estimate of drug-likeness (QED) is 0.432. The largest absolute Gasteiger partial charge is 0.497 e. The molecule has 0 aromatic heterocycles. The van der Waals surface area contributed by atoms with Crippen LogP contribution in [0.2, 0.25) is 0 Å². The highest BCUT2D eigenvalue weighted by atomic mass is 32.2. The van der Waals surface area contributed by atoms with Crippen LogP contribution in [0.1, 0.15) is 25.3 Å². The molecule has 3 aromatic carbocycles. The lowest BCUT2D eigenvalue weighted by atomic mass is 10.0. The molecule has 202 valence electrons. The van der Waals surface area contributed by atoms with Gasteiger partial charge in [-0.15, -0.1) is 0 Å². The molecule has 0 spiro atoms. The Bertz CT molecular complexity index is 1420. The Morgan fingerprint density at radius 3 is 2.34 bits per heavy atom. The van der Waals surface area contributed by atoms with E-state index < -0.39 is 16.1 Å². The number of rotatable bonds is 9. The average Bonchev–Trinajstić information content (AvgIpc) is 2.92. The Hall–Kier alpha value is -3.63. The highest BCUT2D eigenvalue weighted by molar-refractivity contribution is 7.89. The molecule has 0 radical (unpaired) electrons. The molecule has 0 saturated carbocycles. The second-order valence-corrected chi connectivity index (χ2v) is 11.3. The number of piperidine rings is 1. The van der Waals surface area contributed by atoms with Crippen LogP contribution in [0.4, 0.5) is 0 Å². The number of nitrogens with one attached hydrogen (secondary N) is 2. The van der Waals surface area contributed by atoms with Crippen molar-refractivity contribution < 1.29 is 27.5 Å². The van der Waals surface area contributed by atoms with Crippen molar-refractivity contribution in [3.63, 3.8) is 0 Å². The Morgan fingerprint density at radius 2 is 1.68 bits per heavy atom. The van der Waals surface area contributed by atoms with E-state index in [1.54, 1.807) is 44.6 Å². The van der Waals surface area contributed by atoms with Crippen molar-refractivity contribution in [2.24, 2.45) is 0 Å². The van der Waals surface area contributed by atoms with Crippen molar-refractivity contribution >= 4 is 32.6 Å². The molecule has 4 rings (SSSR count). The van der Waals surface area contributed by atoms with Crippen molar-refractivity contribution in [2.75, 3.05) is 27.3 Å². The Kier molecular flexibility index (Phi) is 8.53. The summed E-state index contributed by atoms with van der Waals surface area (Å²) in [7, 11) is -0.563. The van der Waals surface area contributed by atoms with Gasteiger partial charge in [0.2, 0.25) is 21.8 Å². The first-order valence-electron chi connectivity index (χ1n) is 12.5. The first-order valence-corrected chi connectivity index (χ1v) is 13.9. The van der Waals surface area contributed by atoms with Gasteiger partial charge in [0.15, 0.2) is 0 Å². The van der Waals surface area contributed by atoms with Crippen LogP contribution >= 0.6 is 0 Å². The molecule has 10 heteroatoms. The molecule has 1 aliphatic rings. The number of benzene rings is 3. The highest BCUT2D eigenvalue weighted by Crippen LogP contribution is 2.26. The average molecular weight is 540 g/mol. The van der Waals surface area contributed by atoms with Crippen LogP contribution in [0.15, 0.2) is 65.6 Å². The summed E-state index contributed by atoms with van der Waals surface area (Å²) in [5.74, 6) is 0.535. The van der Waals surface area contributed by atoms with Gasteiger partial charge in [0.1, 0.15) is 17.5 Å². The molecular formula is C28H33N3O6S. The number of hydrogen-bond acceptors (Lipinski definition) is 6. The number of amides is 2. The predicted octanol–water partition coefficient (Wildman–Crippen LogP) is 2.87. The van der Waals surface area contributed by atoms with Crippen molar-refractivity contribution in [2.45, 2.75) is 43.2 Å². The maximum absolute atomic E-state index is 13.3. The van der Waals surface area contributed by atoms with E-state index in [-0.39, 0.29) is 42.3 Å². The normalized spacial score (nSPS) is 15.6. The number of fused-ring (bicyclic) bond motifs is 1. The molecule has 0 unspecified atom stereocenters. The molecule has 1 atom stereocenters. The third kappa shape index (κ3) is 6.25. The fraction of sp³-hybridized carbons (Fsp3) is 0.357. The summed E-state index contributed by atoms with van der Waals surface area (Å²) >= 11 is 0. The SMILES string of the molecule is COc1ccc(OC)c(C[C@@H](NC(C)=O)C(=O)NC2CCN(S(=O)(=O)c3ccc4ccccc4c3)CC2)c1. The van der Waals surface area contributed by atoms with E-state index in [1.807, 2.05) is 30.3 Å². The van der Waals surface area contributed by atoms with Gasteiger partial charge in [-0.2, -0.15) is 4.31 Å². The zero-order valence-corrected chi connectivity index (χ0v) is 22.6. The number of carbonyl (C=O) groups excluding carboxylic acids is 2. The van der Waals surface area contributed by atoms with Gasteiger partial charge in [-0.25, -0.2) is 8.42 Å². The van der Waals surface area contributed by atoms with Crippen molar-refractivity contribution in [3.8, 4) is 11.5 Å². The Morgan fingerprint density at radius 1 is 0.974 bits per heavy atom. The van der Waals surface area contributed by atoms with Crippen LogP contribution in [0, 0.1) is 0 Å². The summed E-state index contributed by atoms with van der Waals surface area (Å²) in [6.45, 7) is 1.93. The van der Waals surface area contributed by atoms with E-state index in [4.69, 9.17) is 9.47 Å². The third-order valence-electron chi connectivity index (χ3n) is 6.76. The number of carbonyl (C=O) groups is 2. The predicted molar refractivity (Wildman–Crippen MR) is 145 cm³/mol. The summed E-state index contributed by atoms with van der Waals surface area (Å²) < 4.78 is 38.7. The van der Waals surface area contributed by atoms with Gasteiger partial charge >= 0.3 is 0 Å². The number of hydrogen-bond donors (Lipinski definition) is 2. The number of sulfonamides is 1. The lowest BCUT2D eigenvalue weighted by Gasteiger charge is -2.32. The van der Waals surface area contributed by atoms with Crippen molar-refractivity contribution in [1.29, 1.82) is 0 Å². The van der Waals surface area contributed by atoms with Crippen LogP contribution in [0.25, 0.3) is 10.8 Å². The summed E-state index contributed by atoms with van der Waals surface area (Å²) in [6.07, 6.45) is 1.14. The first kappa shape index (κ1) is 27.4. The van der Waals surface area contributed by atoms with Gasteiger partial charge in [0, 0.05) is 38.0 Å². The van der Waals surface area contributed by atoms with Crippen LogP contribution in [-0.4, -0.2) is 63.9 Å². The summed E-state index contributed by atoms with van der Waals surface area (Å²) in [6, 6.07) is 17.0. The molecule has 0 bridgehead atoms. The van der Waals surface area contributed by atoms with E-state index in [0.29, 0.717) is 24.3 Å². The minimum absolute atomic E-state index is 0.209. The van der Waals surface area contributed by atoms with E-state index in [1.165, 1.54) is 11.2 Å². The third-order valence-corrected chi connectivity index (χ3v) is 8.66. The van der Waals surface area contributed by atoms with E-state index in [9.17, 15) is 18.0 Å². The van der Waals surface area contributed by atoms with E-state index >= 15 is 0 Å². The van der Waals surface area contributed by atoms with Gasteiger partial charge < -0.3 is 20.1 Å². The van der Waals surface area contributed by atoms with Crippen LogP contribution in [0.5, 0.6) is 11.5 Å². The number of methoxy groups -OCH3 is 2. The number of ether oxygens (including phenoxy) is 2. The second-order valence-electron chi connectivity index (χ2n) is 9.33. The molecule has 2 N–H and O–H groups in total. The van der Waals surface area contributed by atoms with Crippen molar-refractivity contribution in [3.05, 3.63) is 66.2 Å². The monoisotopic (exact) mass is 539 g/mol. The zero-order chi connectivity index (χ0) is 27.3. The zero-order valence-electron chi connectivity index (χ0n) is 21.8. The fourth-order valence-corrected chi connectivity index (χ4v) is 6.24. The smallest absolute Gasteiger partial charge is 0.243 e. The van der Waals surface area contributed by atoms with Gasteiger partial charge in [-0.05, 0) is 53.9 Å². The molecule has 9 nitrogen and oxygen atoms in total. The molecule has 1 aliphatic heterocycles. The van der Waals surface area contributed by atoms with Gasteiger partial charge in [-0.1, -0.05) is 30.3 Å². The van der Waals surface area contributed by atoms with Crippen LogP contribution < -0.4 is 20.1 Å². The molecule has 38 heavy (non-hydrogen) atoms. The van der Waals surface area contributed by atoms with Gasteiger partial charge in [0.05, 0.1) is 19.1 Å². The first-order chi connectivity index (χ1) is 18.2. The van der Waals surface area contributed by atoms with Gasteiger partial charge in [-0.3, -0.25) is 9.59 Å². The van der Waals surface area contributed by atoms with Crippen molar-refractivity contribution in [1.82, 2.24) is 14.9 Å². The Balaban J connectivity index is 1.41. The lowest BCUT2D eigenvalue weighted by molar-refractivity contribution is -0.128. The highest BCUT2D eigenvalue weighted by Gasteiger charge is 2.31. The maximum Gasteiger partial charge on any atom is 0.243 e. The van der Waals surface area contributed by atoms with E-state index in [0.717, 1.165) is 16.3 Å². The molecule has 0 aliphatic carbocycles. The molecule has 3 aromatic rings. The number of nitrogens with zero attached hydrogens (tertiary/aromatic N) is 1. The summed E-state index contributed by atoms with van der Waals surface area (Å²) in [5.41, 5.74) is 0.719. The Labute approximate surface area is 223 Å². The summed E-state index contributed by atoms with van der Waals surface area (Å²) in [4.78, 5) is 25.3. The lowest BCUT2D eigenvalue weighted by Crippen LogP contribution is -2.53. The second kappa shape index (κ2) is 11.8. The van der Waals surface area contributed by atoms with E-state index in [2.05, 4.69) is 10.6 Å². The van der Waals surface area contributed by atoms with Gasteiger partial charge in [0.25, 0.3) is 0 Å². The fourth-order valence-electron chi connectivity index (χ4n) is 4.74. The minimum atomic E-state index is -3.65. The molecule has 2 amide bonds. The topological polar surface area (TPSA) is 114 Å². The maximum atomic E-state index is 13.3. The summed E-state index contributed by atoms with van der Waals surface area (Å²) in [5, 5.41) is 7.57. The molecule has 1 saturated heterocycles. The molecule has 1 heterocycles. The minimum Gasteiger partial charge on any atom is -0.497 e. The van der Waals surface area contributed by atoms with Crippen LogP contribution in [0.3, 0.4) is 0 Å². The van der Waals surface area contributed by atoms with Crippen LogP contribution in [-0.2, 0) is 26.0 Å². The molecular weight excluding hydrogens is 506 g/mol.